The highest BCUT2D eigenvalue weighted by atomic mass is 19.3. The number of hydrogen-bond acceptors (Lipinski definition) is 5. The summed E-state index contributed by atoms with van der Waals surface area (Å²) in [6.45, 7) is 8.18. The van der Waals surface area contributed by atoms with E-state index in [9.17, 15) is 14.0 Å². The summed E-state index contributed by atoms with van der Waals surface area (Å²) in [6, 6.07) is 10.2. The summed E-state index contributed by atoms with van der Waals surface area (Å²) in [5.74, 6) is -3.10. The number of aromatic nitrogens is 3. The lowest BCUT2D eigenvalue weighted by molar-refractivity contribution is 0.00801. The zero-order valence-corrected chi connectivity index (χ0v) is 18.4. The summed E-state index contributed by atoms with van der Waals surface area (Å²) in [4.78, 5) is 6.25. The Morgan fingerprint density at radius 3 is 2.61 bits per heavy atom. The molecule has 0 bridgehead atoms. The van der Waals surface area contributed by atoms with Gasteiger partial charge >= 0.3 is 5.92 Å². The highest BCUT2D eigenvalue weighted by molar-refractivity contribution is 5.85. The molecule has 3 aromatic rings. The number of alkyl halides is 2. The number of fused-ring (bicyclic) bond motifs is 1. The van der Waals surface area contributed by atoms with Gasteiger partial charge in [0.25, 0.3) is 0 Å². The standard InChI is InChI=1S/C23H26F2N6/c1-14-7-6-8-16(11-14)18-15(2)17(12-26)19-28-21(23(4,24)25)29-31(19)20(18)30-10-9-22(3,13-30)27-5/h6-8,11,27H,9-10,13H2,1-5H3/t22-/m0/s1. The number of pyridine rings is 1. The molecule has 0 radical (unpaired) electrons. The fraction of sp³-hybridized carbons (Fsp3) is 0.435. The first kappa shape index (κ1) is 21.2. The molecule has 0 unspecified atom stereocenters. The van der Waals surface area contributed by atoms with E-state index < -0.39 is 11.7 Å². The van der Waals surface area contributed by atoms with Crippen LogP contribution in [-0.4, -0.2) is 40.3 Å². The van der Waals surface area contributed by atoms with Gasteiger partial charge in [0, 0.05) is 31.1 Å². The van der Waals surface area contributed by atoms with Crippen LogP contribution in [-0.2, 0) is 5.92 Å². The Bertz CT molecular complexity index is 1200. The van der Waals surface area contributed by atoms with Gasteiger partial charge in [-0.25, -0.2) is 4.98 Å². The first-order valence-corrected chi connectivity index (χ1v) is 10.3. The van der Waals surface area contributed by atoms with Crippen LogP contribution in [0.1, 0.15) is 42.8 Å². The van der Waals surface area contributed by atoms with Gasteiger partial charge in [0.2, 0.25) is 5.82 Å². The van der Waals surface area contributed by atoms with Crippen molar-refractivity contribution in [1.29, 1.82) is 5.26 Å². The molecule has 6 nitrogen and oxygen atoms in total. The zero-order chi connectivity index (χ0) is 22.6. The van der Waals surface area contributed by atoms with Gasteiger partial charge in [-0.2, -0.15) is 18.6 Å². The van der Waals surface area contributed by atoms with Crippen LogP contribution in [0.25, 0.3) is 16.8 Å². The van der Waals surface area contributed by atoms with Gasteiger partial charge in [-0.15, -0.1) is 5.10 Å². The maximum Gasteiger partial charge on any atom is 0.305 e. The number of aryl methyl sites for hydroxylation is 1. The van der Waals surface area contributed by atoms with E-state index in [1.54, 1.807) is 0 Å². The minimum absolute atomic E-state index is 0.115. The fourth-order valence-corrected chi connectivity index (χ4v) is 4.29. The van der Waals surface area contributed by atoms with Crippen molar-refractivity contribution in [2.45, 2.75) is 45.6 Å². The molecule has 1 fully saturated rings. The molecular weight excluding hydrogens is 398 g/mol. The maximum atomic E-state index is 14.1. The van der Waals surface area contributed by atoms with Crippen molar-refractivity contribution in [3.8, 4) is 17.2 Å². The largest absolute Gasteiger partial charge is 0.354 e. The highest BCUT2D eigenvalue weighted by Crippen LogP contribution is 2.40. The van der Waals surface area contributed by atoms with Gasteiger partial charge in [-0.1, -0.05) is 29.8 Å². The molecule has 1 aliphatic heterocycles. The second-order valence-corrected chi connectivity index (χ2v) is 8.72. The van der Waals surface area contributed by atoms with Crippen LogP contribution in [0.5, 0.6) is 0 Å². The van der Waals surface area contributed by atoms with Gasteiger partial charge in [0.1, 0.15) is 17.5 Å². The molecule has 2 aromatic heterocycles. The Kier molecular flexibility index (Phi) is 4.97. The van der Waals surface area contributed by atoms with Crippen LogP contribution in [0.2, 0.25) is 0 Å². The summed E-state index contributed by atoms with van der Waals surface area (Å²) in [5, 5.41) is 17.5. The lowest BCUT2D eigenvalue weighted by Crippen LogP contribution is -2.42. The van der Waals surface area contributed by atoms with Crippen molar-refractivity contribution in [1.82, 2.24) is 19.9 Å². The summed E-state index contributed by atoms with van der Waals surface area (Å²) < 4.78 is 29.7. The number of nitrogens with zero attached hydrogens (tertiary/aromatic N) is 5. The molecule has 1 atom stereocenters. The number of rotatable bonds is 4. The molecule has 1 saturated heterocycles. The first-order chi connectivity index (χ1) is 14.6. The Labute approximate surface area is 180 Å². The van der Waals surface area contributed by atoms with Crippen molar-refractivity contribution < 1.29 is 8.78 Å². The smallest absolute Gasteiger partial charge is 0.305 e. The van der Waals surface area contributed by atoms with Crippen molar-refractivity contribution in [2.24, 2.45) is 0 Å². The molecule has 4 rings (SSSR count). The Morgan fingerprint density at radius 2 is 2.03 bits per heavy atom. The van der Waals surface area contributed by atoms with Crippen molar-refractivity contribution >= 4 is 11.5 Å². The first-order valence-electron chi connectivity index (χ1n) is 10.3. The van der Waals surface area contributed by atoms with Crippen molar-refractivity contribution in [2.75, 3.05) is 25.0 Å². The lowest BCUT2D eigenvalue weighted by atomic mass is 9.96. The molecule has 0 aliphatic carbocycles. The number of anilines is 1. The summed E-state index contributed by atoms with van der Waals surface area (Å²) in [6.07, 6.45) is 0.892. The van der Waals surface area contributed by atoms with Crippen molar-refractivity contribution in [3.05, 3.63) is 46.8 Å². The molecule has 1 aromatic carbocycles. The molecule has 0 amide bonds. The third kappa shape index (κ3) is 3.53. The van der Waals surface area contributed by atoms with Crippen LogP contribution in [0.15, 0.2) is 24.3 Å². The third-order valence-electron chi connectivity index (χ3n) is 6.19. The van der Waals surface area contributed by atoms with E-state index in [0.29, 0.717) is 17.9 Å². The molecule has 1 N–H and O–H groups in total. The predicted octanol–water partition coefficient (Wildman–Crippen LogP) is 4.18. The Hall–Kier alpha value is -3.05. The van der Waals surface area contributed by atoms with E-state index in [1.807, 2.05) is 45.2 Å². The minimum atomic E-state index is -3.21. The summed E-state index contributed by atoms with van der Waals surface area (Å²) in [7, 11) is 1.93. The monoisotopic (exact) mass is 424 g/mol. The minimum Gasteiger partial charge on any atom is -0.354 e. The molecular formula is C23H26F2N6. The molecule has 8 heteroatoms. The number of nitrogens with one attached hydrogen (secondary N) is 1. The number of nitriles is 1. The topological polar surface area (TPSA) is 69.2 Å². The van der Waals surface area contributed by atoms with Crippen LogP contribution < -0.4 is 10.2 Å². The number of likely N-dealkylation sites (N-methyl/N-ethyl adjacent to an activating group) is 1. The van der Waals surface area contributed by atoms with E-state index >= 15 is 0 Å². The van der Waals surface area contributed by atoms with Gasteiger partial charge in [-0.3, -0.25) is 0 Å². The van der Waals surface area contributed by atoms with Gasteiger partial charge in [0.05, 0.1) is 0 Å². The van der Waals surface area contributed by atoms with Crippen LogP contribution in [0.3, 0.4) is 0 Å². The van der Waals surface area contributed by atoms with Crippen LogP contribution >= 0.6 is 0 Å². The average Bonchev–Trinajstić information content (AvgIpc) is 3.32. The van der Waals surface area contributed by atoms with Crippen molar-refractivity contribution in [3.63, 3.8) is 0 Å². The van der Waals surface area contributed by atoms with E-state index in [0.717, 1.165) is 36.6 Å². The van der Waals surface area contributed by atoms with E-state index in [4.69, 9.17) is 0 Å². The van der Waals surface area contributed by atoms with E-state index in [1.165, 1.54) is 4.52 Å². The lowest BCUT2D eigenvalue weighted by Gasteiger charge is -2.28. The van der Waals surface area contributed by atoms with Gasteiger partial charge in [-0.05, 0) is 45.4 Å². The normalized spacial score (nSPS) is 19.2. The predicted molar refractivity (Wildman–Crippen MR) is 116 cm³/mol. The van der Waals surface area contributed by atoms with E-state index in [-0.39, 0.29) is 16.7 Å². The number of benzene rings is 1. The second-order valence-electron chi connectivity index (χ2n) is 8.72. The maximum absolute atomic E-state index is 14.1. The quantitative estimate of drug-likeness (QED) is 0.680. The Morgan fingerprint density at radius 1 is 1.29 bits per heavy atom. The molecule has 1 aliphatic rings. The average molecular weight is 424 g/mol. The number of hydrogen-bond donors (Lipinski definition) is 1. The van der Waals surface area contributed by atoms with E-state index in [2.05, 4.69) is 33.3 Å². The molecule has 162 valence electrons. The second kappa shape index (κ2) is 7.27. The summed E-state index contributed by atoms with van der Waals surface area (Å²) >= 11 is 0. The molecule has 3 heterocycles. The molecule has 0 spiro atoms. The molecule has 31 heavy (non-hydrogen) atoms. The van der Waals surface area contributed by atoms with Crippen LogP contribution in [0, 0.1) is 25.2 Å². The highest BCUT2D eigenvalue weighted by Gasteiger charge is 2.37. The zero-order valence-electron chi connectivity index (χ0n) is 18.4. The van der Waals surface area contributed by atoms with Gasteiger partial charge in [0.15, 0.2) is 5.65 Å². The SMILES string of the molecule is CN[C@@]1(C)CCN(c2c(-c3cccc(C)c3)c(C)c(C#N)c3nc(C(C)(F)F)nn23)C1. The Balaban J connectivity index is 2.09. The number of halogens is 2. The fourth-order valence-electron chi connectivity index (χ4n) is 4.29. The molecule has 0 saturated carbocycles. The van der Waals surface area contributed by atoms with Crippen LogP contribution in [0.4, 0.5) is 14.6 Å². The van der Waals surface area contributed by atoms with Gasteiger partial charge < -0.3 is 10.2 Å². The summed E-state index contributed by atoms with van der Waals surface area (Å²) in [5.41, 5.74) is 3.85. The third-order valence-corrected chi connectivity index (χ3v) is 6.19.